The zero-order valence-corrected chi connectivity index (χ0v) is 16.4. The number of anilines is 2. The van der Waals surface area contributed by atoms with E-state index in [4.69, 9.17) is 11.6 Å². The molecule has 4 rings (SSSR count). The smallest absolute Gasteiger partial charge is 0.319 e. The number of hydrogen-bond acceptors (Lipinski definition) is 3. The van der Waals surface area contributed by atoms with E-state index in [1.807, 2.05) is 30.3 Å². The summed E-state index contributed by atoms with van der Waals surface area (Å²) in [7, 11) is 0. The third kappa shape index (κ3) is 4.22. The minimum atomic E-state index is -0.263. The van der Waals surface area contributed by atoms with Gasteiger partial charge in [-0.2, -0.15) is 5.10 Å². The number of nitrogens with one attached hydrogen (secondary N) is 3. The highest BCUT2D eigenvalue weighted by Gasteiger charge is 2.13. The number of benzene rings is 2. The average molecular weight is 398 g/mol. The topological polar surface area (TPSA) is 73.1 Å². The summed E-state index contributed by atoms with van der Waals surface area (Å²) in [4.78, 5) is 14.7. The molecule has 2 aromatic carbocycles. The molecule has 1 aliphatic heterocycles. The number of carbonyl (C=O) groups is 1. The molecule has 0 atom stereocenters. The second kappa shape index (κ2) is 8.52. The molecule has 0 unspecified atom stereocenters. The molecule has 0 spiro atoms. The Labute approximate surface area is 169 Å². The Morgan fingerprint density at radius 2 is 1.96 bits per heavy atom. The Kier molecular flexibility index (Phi) is 5.67. The molecule has 28 heavy (non-hydrogen) atoms. The molecule has 1 saturated heterocycles. The predicted molar refractivity (Wildman–Crippen MR) is 114 cm³/mol. The average Bonchev–Trinajstić information content (AvgIpc) is 3.02. The summed E-state index contributed by atoms with van der Waals surface area (Å²) in [5.74, 6) is 0. The van der Waals surface area contributed by atoms with Crippen molar-refractivity contribution >= 4 is 39.9 Å². The minimum absolute atomic E-state index is 0.263. The monoisotopic (exact) mass is 397 g/mol. The highest BCUT2D eigenvalue weighted by atomic mass is 35.5. The van der Waals surface area contributed by atoms with Crippen molar-refractivity contribution in [2.75, 3.05) is 23.3 Å². The number of aromatic nitrogens is 2. The molecule has 1 aromatic heterocycles. The van der Waals surface area contributed by atoms with Crippen molar-refractivity contribution in [3.8, 4) is 0 Å². The van der Waals surface area contributed by atoms with Crippen LogP contribution in [0.25, 0.3) is 10.9 Å². The molecule has 0 saturated carbocycles. The third-order valence-electron chi connectivity index (χ3n) is 5.14. The maximum atomic E-state index is 12.3. The standard InChI is InChI=1S/C21H24ClN5O/c22-17-12-15(8-9-20(17)27-10-3-1-2-4-11-27)13-23-21(28)25-18-6-5-7-19-16(18)14-24-26-19/h5-9,12,14H,1-4,10-11,13H2,(H,24,26)(H2,23,25,28). The maximum Gasteiger partial charge on any atom is 0.319 e. The lowest BCUT2D eigenvalue weighted by atomic mass is 10.2. The zero-order chi connectivity index (χ0) is 19.3. The van der Waals surface area contributed by atoms with Gasteiger partial charge in [-0.05, 0) is 42.7 Å². The number of nitrogens with zero attached hydrogens (tertiary/aromatic N) is 2. The van der Waals surface area contributed by atoms with Crippen LogP contribution in [-0.4, -0.2) is 29.3 Å². The first kappa shape index (κ1) is 18.6. The van der Waals surface area contributed by atoms with E-state index in [9.17, 15) is 4.79 Å². The van der Waals surface area contributed by atoms with E-state index in [1.54, 1.807) is 6.20 Å². The first-order valence-electron chi connectivity index (χ1n) is 9.71. The highest BCUT2D eigenvalue weighted by molar-refractivity contribution is 6.33. The second-order valence-electron chi connectivity index (χ2n) is 7.13. The van der Waals surface area contributed by atoms with Crippen LogP contribution in [0, 0.1) is 0 Å². The SMILES string of the molecule is O=C(NCc1ccc(N2CCCCCC2)c(Cl)c1)Nc1cccc2[nH]ncc12. The van der Waals surface area contributed by atoms with Crippen molar-refractivity contribution in [1.29, 1.82) is 0 Å². The Balaban J connectivity index is 1.37. The molecule has 2 amide bonds. The molecule has 1 aliphatic rings. The van der Waals surface area contributed by atoms with Crippen molar-refractivity contribution in [3.05, 3.63) is 53.2 Å². The molecule has 2 heterocycles. The van der Waals surface area contributed by atoms with Gasteiger partial charge in [0.1, 0.15) is 0 Å². The Morgan fingerprint density at radius 1 is 1.14 bits per heavy atom. The van der Waals surface area contributed by atoms with Gasteiger partial charge in [-0.1, -0.05) is 36.6 Å². The quantitative estimate of drug-likeness (QED) is 0.585. The molecular formula is C21H24ClN5O. The third-order valence-corrected chi connectivity index (χ3v) is 5.45. The van der Waals surface area contributed by atoms with Gasteiger partial charge in [0.25, 0.3) is 0 Å². The van der Waals surface area contributed by atoms with Gasteiger partial charge in [0.15, 0.2) is 0 Å². The molecule has 3 aromatic rings. The van der Waals surface area contributed by atoms with Gasteiger partial charge < -0.3 is 15.5 Å². The molecule has 7 heteroatoms. The number of amides is 2. The van der Waals surface area contributed by atoms with Crippen molar-refractivity contribution < 1.29 is 4.79 Å². The summed E-state index contributed by atoms with van der Waals surface area (Å²) in [6.45, 7) is 2.52. The van der Waals surface area contributed by atoms with Crippen LogP contribution in [-0.2, 0) is 6.54 Å². The zero-order valence-electron chi connectivity index (χ0n) is 15.7. The molecular weight excluding hydrogens is 374 g/mol. The van der Waals surface area contributed by atoms with E-state index in [1.165, 1.54) is 25.7 Å². The van der Waals surface area contributed by atoms with Gasteiger partial charge in [0, 0.05) is 25.0 Å². The molecule has 0 aliphatic carbocycles. The number of aromatic amines is 1. The normalized spacial score (nSPS) is 14.7. The Bertz CT molecular complexity index is 962. The number of rotatable bonds is 4. The molecule has 1 fully saturated rings. The first-order chi connectivity index (χ1) is 13.7. The number of H-pyrrole nitrogens is 1. The van der Waals surface area contributed by atoms with Crippen LogP contribution in [0.1, 0.15) is 31.2 Å². The lowest BCUT2D eigenvalue weighted by molar-refractivity contribution is 0.252. The fraction of sp³-hybridized carbons (Fsp3) is 0.333. The van der Waals surface area contributed by atoms with Crippen LogP contribution in [0.5, 0.6) is 0 Å². The number of hydrogen-bond donors (Lipinski definition) is 3. The minimum Gasteiger partial charge on any atom is -0.370 e. The van der Waals surface area contributed by atoms with E-state index in [-0.39, 0.29) is 6.03 Å². The molecule has 146 valence electrons. The fourth-order valence-electron chi connectivity index (χ4n) is 3.65. The highest BCUT2D eigenvalue weighted by Crippen LogP contribution is 2.29. The van der Waals surface area contributed by atoms with Crippen molar-refractivity contribution in [2.45, 2.75) is 32.2 Å². The van der Waals surface area contributed by atoms with Crippen molar-refractivity contribution in [2.24, 2.45) is 0 Å². The first-order valence-corrected chi connectivity index (χ1v) is 10.1. The van der Waals surface area contributed by atoms with Crippen LogP contribution < -0.4 is 15.5 Å². The molecule has 0 bridgehead atoms. The number of fused-ring (bicyclic) bond motifs is 1. The van der Waals surface area contributed by atoms with Gasteiger partial charge in [0.05, 0.1) is 28.1 Å². The van der Waals surface area contributed by atoms with Crippen LogP contribution in [0.15, 0.2) is 42.6 Å². The van der Waals surface area contributed by atoms with E-state index in [0.717, 1.165) is 46.0 Å². The van der Waals surface area contributed by atoms with Crippen LogP contribution in [0.3, 0.4) is 0 Å². The lowest BCUT2D eigenvalue weighted by Crippen LogP contribution is -2.28. The molecule has 0 radical (unpaired) electrons. The molecule has 6 nitrogen and oxygen atoms in total. The molecule has 3 N–H and O–H groups in total. The van der Waals surface area contributed by atoms with E-state index >= 15 is 0 Å². The summed E-state index contributed by atoms with van der Waals surface area (Å²) in [6, 6.07) is 11.4. The number of carbonyl (C=O) groups excluding carboxylic acids is 1. The summed E-state index contributed by atoms with van der Waals surface area (Å²) in [6.07, 6.45) is 6.70. The van der Waals surface area contributed by atoms with Crippen molar-refractivity contribution in [3.63, 3.8) is 0 Å². The Morgan fingerprint density at radius 3 is 2.75 bits per heavy atom. The van der Waals surface area contributed by atoms with E-state index in [0.29, 0.717) is 6.54 Å². The van der Waals surface area contributed by atoms with Gasteiger partial charge in [-0.15, -0.1) is 0 Å². The summed E-state index contributed by atoms with van der Waals surface area (Å²) in [5.41, 5.74) is 3.66. The Hall–Kier alpha value is -2.73. The predicted octanol–water partition coefficient (Wildman–Crippen LogP) is 4.92. The maximum absolute atomic E-state index is 12.3. The summed E-state index contributed by atoms with van der Waals surface area (Å²) >= 11 is 6.53. The lowest BCUT2D eigenvalue weighted by Gasteiger charge is -2.24. The second-order valence-corrected chi connectivity index (χ2v) is 7.54. The number of urea groups is 1. The fourth-order valence-corrected chi connectivity index (χ4v) is 3.98. The largest absolute Gasteiger partial charge is 0.370 e. The summed E-state index contributed by atoms with van der Waals surface area (Å²) in [5, 5.41) is 14.3. The van der Waals surface area contributed by atoms with Gasteiger partial charge >= 0.3 is 6.03 Å². The van der Waals surface area contributed by atoms with Gasteiger partial charge in [-0.25, -0.2) is 4.79 Å². The van der Waals surface area contributed by atoms with E-state index in [2.05, 4.69) is 31.8 Å². The number of halogens is 1. The van der Waals surface area contributed by atoms with Gasteiger partial charge in [-0.3, -0.25) is 5.10 Å². The van der Waals surface area contributed by atoms with Gasteiger partial charge in [0.2, 0.25) is 0 Å². The van der Waals surface area contributed by atoms with Crippen LogP contribution in [0.2, 0.25) is 5.02 Å². The van der Waals surface area contributed by atoms with Crippen LogP contribution in [0.4, 0.5) is 16.2 Å². The summed E-state index contributed by atoms with van der Waals surface area (Å²) < 4.78 is 0. The van der Waals surface area contributed by atoms with Crippen molar-refractivity contribution in [1.82, 2.24) is 15.5 Å². The van der Waals surface area contributed by atoms with E-state index < -0.39 is 0 Å². The van der Waals surface area contributed by atoms with Crippen LogP contribution >= 0.6 is 11.6 Å².